The number of aromatic nitrogens is 6. The van der Waals surface area contributed by atoms with Crippen molar-refractivity contribution in [3.63, 3.8) is 0 Å². The third-order valence-electron chi connectivity index (χ3n) is 9.41. The van der Waals surface area contributed by atoms with Gasteiger partial charge in [-0.3, -0.25) is 27.5 Å². The summed E-state index contributed by atoms with van der Waals surface area (Å²) in [7, 11) is -10.3. The van der Waals surface area contributed by atoms with Crippen molar-refractivity contribution in [2.24, 2.45) is 10.8 Å². The first kappa shape index (κ1) is 46.9. The zero-order valence-electron chi connectivity index (χ0n) is 32.5. The second kappa shape index (κ2) is 20.2. The molecule has 31 heteroatoms. The molecule has 0 saturated carbocycles. The summed E-state index contributed by atoms with van der Waals surface area (Å²) in [6, 6.07) is 6.45. The summed E-state index contributed by atoms with van der Waals surface area (Å²) >= 11 is 0. The van der Waals surface area contributed by atoms with Gasteiger partial charge in [-0.15, -0.1) is 0 Å². The number of benzene rings is 1. The quantitative estimate of drug-likeness (QED) is 0.0156. The van der Waals surface area contributed by atoms with Gasteiger partial charge < -0.3 is 61.3 Å². The molecule has 2 saturated heterocycles. The summed E-state index contributed by atoms with van der Waals surface area (Å²) in [5, 5.41) is 17.5. The number of hydrogen-bond acceptors (Lipinski definition) is 21. The Labute approximate surface area is 353 Å². The van der Waals surface area contributed by atoms with Crippen molar-refractivity contribution in [1.82, 2.24) is 34.4 Å². The van der Waals surface area contributed by atoms with Crippen LogP contribution in [0, 0.1) is 0 Å². The Balaban J connectivity index is 1.10. The SMILES string of the molecule is [N-]=[N+]=Nc1ccccc1COC(=O)NCCC[C@H](N)C(=O)O[C@@H]1[C@@H](COP(=O)(O)O[C@H]2C[C@H](n3ccc(N)nc3=O)O[C@@H]2COP(=O)(O)O)OC(n2cnc3c(N)ncnc32)[C@@H]1O. The Hall–Kier alpha value is -5.64. The Morgan fingerprint density at radius 1 is 1.06 bits per heavy atom. The number of aliphatic hydroxyl groups is 1. The number of esters is 1. The summed E-state index contributed by atoms with van der Waals surface area (Å²) in [6.45, 7) is -1.92. The highest BCUT2D eigenvalue weighted by Gasteiger charge is 2.50. The van der Waals surface area contributed by atoms with E-state index >= 15 is 0 Å². The highest BCUT2D eigenvalue weighted by atomic mass is 31.2. The van der Waals surface area contributed by atoms with Gasteiger partial charge in [-0.25, -0.2) is 33.7 Å². The van der Waals surface area contributed by atoms with Gasteiger partial charge in [0.25, 0.3) is 0 Å². The molecule has 4 aromatic rings. The number of nitrogens with two attached hydrogens (primary N) is 3. The second-order valence-electron chi connectivity index (χ2n) is 13.7. The van der Waals surface area contributed by atoms with Gasteiger partial charge in [0.05, 0.1) is 19.5 Å². The van der Waals surface area contributed by atoms with E-state index in [9.17, 15) is 43.3 Å². The van der Waals surface area contributed by atoms with E-state index in [-0.39, 0.29) is 60.9 Å². The van der Waals surface area contributed by atoms with Gasteiger partial charge in [-0.1, -0.05) is 29.4 Å². The van der Waals surface area contributed by atoms with Crippen LogP contribution in [-0.4, -0.2) is 117 Å². The van der Waals surface area contributed by atoms with Crippen LogP contribution in [0.5, 0.6) is 0 Å². The third-order valence-corrected chi connectivity index (χ3v) is 10.9. The van der Waals surface area contributed by atoms with Crippen molar-refractivity contribution in [2.75, 3.05) is 31.2 Å². The molecule has 1 amide bonds. The predicted octanol–water partition coefficient (Wildman–Crippen LogP) is 0.292. The average Bonchev–Trinajstić information content (AvgIpc) is 3.92. The number of phosphoric ester groups is 2. The van der Waals surface area contributed by atoms with Crippen LogP contribution in [-0.2, 0) is 53.1 Å². The van der Waals surface area contributed by atoms with E-state index in [1.165, 1.54) is 23.2 Å². The molecule has 9 atom stereocenters. The average molecular weight is 926 g/mol. The third kappa shape index (κ3) is 12.1. The first-order valence-electron chi connectivity index (χ1n) is 18.5. The number of phosphoric acid groups is 2. The molecule has 0 bridgehead atoms. The number of anilines is 2. The molecule has 29 nitrogen and oxygen atoms in total. The van der Waals surface area contributed by atoms with Gasteiger partial charge in [0.15, 0.2) is 23.8 Å². The number of azide groups is 1. The molecule has 11 N–H and O–H groups in total. The minimum absolute atomic E-state index is 0.00277. The fourth-order valence-electron chi connectivity index (χ4n) is 6.43. The van der Waals surface area contributed by atoms with Gasteiger partial charge in [-0.2, -0.15) is 4.98 Å². The highest BCUT2D eigenvalue weighted by Crippen LogP contribution is 2.50. The zero-order valence-corrected chi connectivity index (χ0v) is 34.3. The maximum absolute atomic E-state index is 13.4. The number of amides is 1. The van der Waals surface area contributed by atoms with Crippen LogP contribution < -0.4 is 28.2 Å². The van der Waals surface area contributed by atoms with Crippen LogP contribution in [0.3, 0.4) is 0 Å². The number of aliphatic hydroxyl groups excluding tert-OH is 1. The molecule has 0 spiro atoms. The lowest BCUT2D eigenvalue weighted by Crippen LogP contribution is -2.43. The van der Waals surface area contributed by atoms with Crippen LogP contribution in [0.4, 0.5) is 22.1 Å². The number of nitrogens with zero attached hydrogens (tertiary/aromatic N) is 9. The summed E-state index contributed by atoms with van der Waals surface area (Å²) < 4.78 is 64.7. The molecule has 0 aliphatic carbocycles. The van der Waals surface area contributed by atoms with Crippen molar-refractivity contribution < 1.29 is 71.0 Å². The van der Waals surface area contributed by atoms with Crippen LogP contribution in [0.15, 0.2) is 59.1 Å². The fraction of sp³-hybridized carbons (Fsp3) is 0.469. The summed E-state index contributed by atoms with van der Waals surface area (Å²) in [4.78, 5) is 85.9. The molecule has 1 aromatic carbocycles. The Bertz CT molecular complexity index is 2480. The maximum atomic E-state index is 13.4. The van der Waals surface area contributed by atoms with Gasteiger partial charge in [0.2, 0.25) is 0 Å². The van der Waals surface area contributed by atoms with Crippen molar-refractivity contribution >= 4 is 56.2 Å². The molecule has 2 aliphatic rings. The molecule has 340 valence electrons. The minimum atomic E-state index is -5.21. The number of fused-ring (bicyclic) bond motifs is 1. The molecule has 5 heterocycles. The second-order valence-corrected chi connectivity index (χ2v) is 16.4. The lowest BCUT2D eigenvalue weighted by Gasteiger charge is -2.24. The maximum Gasteiger partial charge on any atom is 0.472 e. The van der Waals surface area contributed by atoms with Crippen molar-refractivity contribution in [3.05, 3.63) is 75.7 Å². The van der Waals surface area contributed by atoms with E-state index in [2.05, 4.69) is 39.8 Å². The summed E-state index contributed by atoms with van der Waals surface area (Å²) in [5.74, 6) is -1.15. The normalized spacial score (nSPS) is 23.7. The topological polar surface area (TPSA) is 431 Å². The van der Waals surface area contributed by atoms with E-state index in [0.29, 0.717) is 5.56 Å². The van der Waals surface area contributed by atoms with E-state index in [1.54, 1.807) is 24.3 Å². The number of alkyl carbamates (subject to hydrolysis) is 1. The Morgan fingerprint density at radius 3 is 2.57 bits per heavy atom. The number of nitrogens with one attached hydrogen (secondary N) is 1. The predicted molar refractivity (Wildman–Crippen MR) is 210 cm³/mol. The molecular weight excluding hydrogens is 884 g/mol. The van der Waals surface area contributed by atoms with E-state index in [0.717, 1.165) is 10.9 Å². The number of carbonyl (C=O) groups is 2. The molecule has 6 rings (SSSR count). The first-order valence-corrected chi connectivity index (χ1v) is 21.6. The van der Waals surface area contributed by atoms with Crippen LogP contribution in [0.2, 0.25) is 0 Å². The van der Waals surface area contributed by atoms with E-state index < -0.39 is 95.6 Å². The van der Waals surface area contributed by atoms with Crippen LogP contribution in [0.1, 0.15) is 37.3 Å². The summed E-state index contributed by atoms with van der Waals surface area (Å²) in [6.07, 6.45) is -7.90. The molecule has 2 fully saturated rings. The van der Waals surface area contributed by atoms with Gasteiger partial charge in [0.1, 0.15) is 61.0 Å². The number of hydrogen-bond donors (Lipinski definition) is 8. The first-order chi connectivity index (χ1) is 29.9. The lowest BCUT2D eigenvalue weighted by molar-refractivity contribution is -0.158. The van der Waals surface area contributed by atoms with Crippen molar-refractivity contribution in [3.8, 4) is 0 Å². The largest absolute Gasteiger partial charge is 0.472 e. The number of ether oxygens (including phenoxy) is 4. The standard InChI is InChI=1S/C32H41N13O16P2/c33-17(5-3-8-37-32(49)55-11-16-4-1-2-6-18(16)42-43-36)30(47)60-26-21(59-29(25(26)46)45-15-40-24-27(35)38-14-39-28(24)45)13-57-63(53,54)61-19-10-23(44-9-7-22(34)41-31(44)48)58-20(19)12-56-62(50,51)52/h1-2,4,6-7,9,14-15,17,19-21,23,25-26,29,46H,3,5,8,10-13,33H2,(H,37,49)(H,53,54)(H2,34,41,48)(H2,35,38,39)(H2,50,51,52)/t17-,19-,20+,21+,23+,25+,26+,29?/m0/s1. The van der Waals surface area contributed by atoms with Gasteiger partial charge in [-0.05, 0) is 30.0 Å². The number of imidazole rings is 1. The molecule has 2 aliphatic heterocycles. The van der Waals surface area contributed by atoms with Crippen molar-refractivity contribution in [1.29, 1.82) is 0 Å². The van der Waals surface area contributed by atoms with Crippen LogP contribution >= 0.6 is 15.6 Å². The van der Waals surface area contributed by atoms with E-state index in [4.69, 9.17) is 50.7 Å². The minimum Gasteiger partial charge on any atom is -0.455 e. The Kier molecular flexibility index (Phi) is 15.1. The molecule has 63 heavy (non-hydrogen) atoms. The van der Waals surface area contributed by atoms with Gasteiger partial charge in [0, 0.05) is 29.8 Å². The Morgan fingerprint density at radius 2 is 1.83 bits per heavy atom. The zero-order chi connectivity index (χ0) is 45.5. The molecule has 0 radical (unpaired) electrons. The summed E-state index contributed by atoms with van der Waals surface area (Å²) in [5.41, 5.74) is 26.4. The lowest BCUT2D eigenvalue weighted by atomic mass is 10.1. The monoisotopic (exact) mass is 925 g/mol. The molecular formula is C32H41N13O16P2. The number of rotatable bonds is 19. The van der Waals surface area contributed by atoms with Crippen LogP contribution in [0.25, 0.3) is 21.6 Å². The van der Waals surface area contributed by atoms with Crippen molar-refractivity contribution in [2.45, 2.75) is 74.9 Å². The molecule has 2 unspecified atom stereocenters. The smallest absolute Gasteiger partial charge is 0.455 e. The highest BCUT2D eigenvalue weighted by molar-refractivity contribution is 7.47. The number of nitrogen functional groups attached to an aromatic ring is 2. The van der Waals surface area contributed by atoms with E-state index in [1.807, 2.05) is 0 Å². The molecule has 3 aromatic heterocycles. The number of carbonyl (C=O) groups excluding carboxylic acids is 2. The van der Waals surface area contributed by atoms with Gasteiger partial charge >= 0.3 is 33.4 Å². The fourth-order valence-corrected chi connectivity index (χ4v) is 7.73.